The fourth-order valence-electron chi connectivity index (χ4n) is 2.66. The molecule has 0 unspecified atom stereocenters. The molecule has 0 aliphatic rings. The van der Waals surface area contributed by atoms with Crippen LogP contribution in [0.3, 0.4) is 0 Å². The largest absolute Gasteiger partial charge is 0.413 e. The van der Waals surface area contributed by atoms with Gasteiger partial charge in [-0.05, 0) is 37.9 Å². The van der Waals surface area contributed by atoms with Crippen molar-refractivity contribution in [3.8, 4) is 17.0 Å². The molecule has 6 nitrogen and oxygen atoms in total. The first-order valence-electron chi connectivity index (χ1n) is 8.11. The van der Waals surface area contributed by atoms with E-state index in [1.54, 1.807) is 0 Å². The molecule has 0 radical (unpaired) electrons. The van der Waals surface area contributed by atoms with Crippen molar-refractivity contribution in [2.45, 2.75) is 0 Å². The molecule has 1 amide bonds. The minimum atomic E-state index is -0.487. The number of benzene rings is 2. The van der Waals surface area contributed by atoms with Crippen LogP contribution in [-0.2, 0) is 0 Å². The van der Waals surface area contributed by atoms with Crippen molar-refractivity contribution in [1.82, 2.24) is 15.2 Å². The third kappa shape index (κ3) is 3.92. The molecule has 3 rings (SSSR count). The molecule has 0 bridgehead atoms. The molecule has 0 saturated carbocycles. The Hall–Kier alpha value is -2.99. The van der Waals surface area contributed by atoms with E-state index < -0.39 is 6.09 Å². The minimum Gasteiger partial charge on any atom is -0.399 e. The van der Waals surface area contributed by atoms with E-state index in [1.807, 2.05) is 67.5 Å². The SMILES string of the molecule is CN(C)CCNC(=O)Oc1[nH]c2ccc(N)cc2c1-c1ccccc1. The number of carbonyl (C=O) groups is 1. The second-order valence-electron chi connectivity index (χ2n) is 6.12. The van der Waals surface area contributed by atoms with Crippen molar-refractivity contribution in [3.63, 3.8) is 0 Å². The van der Waals surface area contributed by atoms with E-state index in [2.05, 4.69) is 10.3 Å². The van der Waals surface area contributed by atoms with Crippen LogP contribution < -0.4 is 15.8 Å². The van der Waals surface area contributed by atoms with Crippen LogP contribution in [0.2, 0.25) is 0 Å². The zero-order valence-electron chi connectivity index (χ0n) is 14.4. The Morgan fingerprint density at radius 2 is 1.96 bits per heavy atom. The number of anilines is 1. The van der Waals surface area contributed by atoms with Gasteiger partial charge in [-0.25, -0.2) is 4.79 Å². The Bertz CT molecular complexity index is 872. The van der Waals surface area contributed by atoms with Crippen molar-refractivity contribution in [3.05, 3.63) is 48.5 Å². The molecule has 0 aliphatic carbocycles. The van der Waals surface area contributed by atoms with Crippen LogP contribution in [0, 0.1) is 0 Å². The first-order chi connectivity index (χ1) is 12.0. The number of hydrogen-bond donors (Lipinski definition) is 3. The monoisotopic (exact) mass is 338 g/mol. The predicted molar refractivity (Wildman–Crippen MR) is 101 cm³/mol. The first-order valence-corrected chi connectivity index (χ1v) is 8.11. The summed E-state index contributed by atoms with van der Waals surface area (Å²) in [5.41, 5.74) is 9.24. The summed E-state index contributed by atoms with van der Waals surface area (Å²) in [4.78, 5) is 17.3. The van der Waals surface area contributed by atoms with Gasteiger partial charge in [0.05, 0.1) is 5.56 Å². The van der Waals surface area contributed by atoms with Gasteiger partial charge in [0.1, 0.15) is 0 Å². The Labute approximate surface area is 146 Å². The molecule has 6 heteroatoms. The van der Waals surface area contributed by atoms with Gasteiger partial charge in [-0.1, -0.05) is 30.3 Å². The van der Waals surface area contributed by atoms with Gasteiger partial charge in [-0.3, -0.25) is 0 Å². The number of likely N-dealkylation sites (N-methyl/N-ethyl adjacent to an activating group) is 1. The number of aromatic nitrogens is 1. The van der Waals surface area contributed by atoms with Gasteiger partial charge < -0.3 is 25.7 Å². The number of aromatic amines is 1. The lowest BCUT2D eigenvalue weighted by Crippen LogP contribution is -2.33. The lowest BCUT2D eigenvalue weighted by atomic mass is 10.0. The highest BCUT2D eigenvalue weighted by Gasteiger charge is 2.17. The maximum Gasteiger partial charge on any atom is 0.413 e. The fourth-order valence-corrected chi connectivity index (χ4v) is 2.66. The smallest absolute Gasteiger partial charge is 0.399 e. The highest BCUT2D eigenvalue weighted by atomic mass is 16.6. The number of carbonyl (C=O) groups excluding carboxylic acids is 1. The first kappa shape index (κ1) is 16.9. The standard InChI is InChI=1S/C19H22N4O2/c1-23(2)11-10-21-19(24)25-18-17(13-6-4-3-5-7-13)15-12-14(20)8-9-16(15)22-18/h3-9,12,22H,10-11,20H2,1-2H3,(H,21,24). The fraction of sp³-hybridized carbons (Fsp3) is 0.211. The number of fused-ring (bicyclic) bond motifs is 1. The number of ether oxygens (including phenoxy) is 1. The molecule has 3 aromatic rings. The molecule has 4 N–H and O–H groups in total. The zero-order valence-corrected chi connectivity index (χ0v) is 14.4. The van der Waals surface area contributed by atoms with Crippen molar-refractivity contribution in [2.24, 2.45) is 0 Å². The lowest BCUT2D eigenvalue weighted by molar-refractivity contribution is 0.198. The van der Waals surface area contributed by atoms with Gasteiger partial charge in [0.2, 0.25) is 5.88 Å². The van der Waals surface area contributed by atoms with E-state index in [0.717, 1.165) is 28.6 Å². The molecule has 25 heavy (non-hydrogen) atoms. The maximum atomic E-state index is 12.1. The van der Waals surface area contributed by atoms with Crippen molar-refractivity contribution in [1.29, 1.82) is 0 Å². The van der Waals surface area contributed by atoms with Crippen LogP contribution >= 0.6 is 0 Å². The van der Waals surface area contributed by atoms with Gasteiger partial charge in [0.15, 0.2) is 0 Å². The van der Waals surface area contributed by atoms with Crippen molar-refractivity contribution < 1.29 is 9.53 Å². The number of nitrogen functional groups attached to an aromatic ring is 1. The Morgan fingerprint density at radius 1 is 1.20 bits per heavy atom. The topological polar surface area (TPSA) is 83.4 Å². The minimum absolute atomic E-state index is 0.411. The summed E-state index contributed by atoms with van der Waals surface area (Å²) >= 11 is 0. The van der Waals surface area contributed by atoms with E-state index in [9.17, 15) is 4.79 Å². The highest BCUT2D eigenvalue weighted by Crippen LogP contribution is 2.38. The summed E-state index contributed by atoms with van der Waals surface area (Å²) < 4.78 is 5.54. The molecule has 0 spiro atoms. The van der Waals surface area contributed by atoms with Crippen molar-refractivity contribution in [2.75, 3.05) is 32.9 Å². The molecule has 1 heterocycles. The van der Waals surface area contributed by atoms with Gasteiger partial charge in [-0.2, -0.15) is 0 Å². The van der Waals surface area contributed by atoms with Crippen LogP contribution in [0.5, 0.6) is 5.88 Å². The predicted octanol–water partition coefficient (Wildman–Crippen LogP) is 3.07. The number of nitrogens with zero attached hydrogens (tertiary/aromatic N) is 1. The molecular weight excluding hydrogens is 316 g/mol. The van der Waals surface area contributed by atoms with Crippen molar-refractivity contribution >= 4 is 22.7 Å². The van der Waals surface area contributed by atoms with E-state index in [4.69, 9.17) is 10.5 Å². The zero-order chi connectivity index (χ0) is 17.8. The third-order valence-electron chi connectivity index (χ3n) is 3.87. The third-order valence-corrected chi connectivity index (χ3v) is 3.87. The Morgan fingerprint density at radius 3 is 2.68 bits per heavy atom. The Kier molecular flexibility index (Phi) is 4.90. The number of H-pyrrole nitrogens is 1. The van der Waals surface area contributed by atoms with E-state index in [-0.39, 0.29) is 0 Å². The molecular formula is C19H22N4O2. The summed E-state index contributed by atoms with van der Waals surface area (Å²) in [6.07, 6.45) is -0.487. The van der Waals surface area contributed by atoms with Gasteiger partial charge in [-0.15, -0.1) is 0 Å². The molecule has 1 aromatic heterocycles. The number of rotatable bonds is 5. The Balaban J connectivity index is 1.93. The van der Waals surface area contributed by atoms with Crippen LogP contribution in [0.4, 0.5) is 10.5 Å². The average molecular weight is 338 g/mol. The summed E-state index contributed by atoms with van der Waals surface area (Å²) in [5.74, 6) is 0.411. The average Bonchev–Trinajstić information content (AvgIpc) is 2.92. The molecule has 0 aliphatic heterocycles. The molecule has 0 fully saturated rings. The molecule has 0 atom stereocenters. The summed E-state index contributed by atoms with van der Waals surface area (Å²) in [7, 11) is 3.89. The molecule has 0 saturated heterocycles. The number of amides is 1. The lowest BCUT2D eigenvalue weighted by Gasteiger charge is -2.11. The molecule has 130 valence electrons. The summed E-state index contributed by atoms with van der Waals surface area (Å²) in [5, 5.41) is 3.67. The van der Waals surface area contributed by atoms with Gasteiger partial charge >= 0.3 is 6.09 Å². The second kappa shape index (κ2) is 7.27. The summed E-state index contributed by atoms with van der Waals surface area (Å²) in [6.45, 7) is 1.25. The maximum absolute atomic E-state index is 12.1. The van der Waals surface area contributed by atoms with Crippen LogP contribution in [0.1, 0.15) is 0 Å². The second-order valence-corrected chi connectivity index (χ2v) is 6.12. The number of hydrogen-bond acceptors (Lipinski definition) is 4. The van der Waals surface area contributed by atoms with Gasteiger partial charge in [0.25, 0.3) is 0 Å². The van der Waals surface area contributed by atoms with E-state index >= 15 is 0 Å². The van der Waals surface area contributed by atoms with Crippen LogP contribution in [0.15, 0.2) is 48.5 Å². The summed E-state index contributed by atoms with van der Waals surface area (Å²) in [6, 6.07) is 15.4. The van der Waals surface area contributed by atoms with Crippen LogP contribution in [0.25, 0.3) is 22.0 Å². The van der Waals surface area contributed by atoms with E-state index in [1.165, 1.54) is 0 Å². The highest BCUT2D eigenvalue weighted by molar-refractivity contribution is 6.01. The quantitative estimate of drug-likeness (QED) is 0.624. The molecule has 2 aromatic carbocycles. The number of nitrogens with two attached hydrogens (primary N) is 1. The van der Waals surface area contributed by atoms with Crippen LogP contribution in [-0.4, -0.2) is 43.2 Å². The van der Waals surface area contributed by atoms with Gasteiger partial charge in [0, 0.05) is 29.7 Å². The number of nitrogens with one attached hydrogen (secondary N) is 2. The van der Waals surface area contributed by atoms with E-state index in [0.29, 0.717) is 18.1 Å². The normalized spacial score (nSPS) is 11.0.